The summed E-state index contributed by atoms with van der Waals surface area (Å²) in [4.78, 5) is 4.57. The highest BCUT2D eigenvalue weighted by atomic mass is 32.2. The number of rotatable bonds is 4. The lowest BCUT2D eigenvalue weighted by Gasteiger charge is -2.42. The summed E-state index contributed by atoms with van der Waals surface area (Å²) >= 11 is 0. The van der Waals surface area contributed by atoms with Crippen LogP contribution in [0.3, 0.4) is 0 Å². The first-order valence-corrected chi connectivity index (χ1v) is 11.2. The van der Waals surface area contributed by atoms with Crippen LogP contribution in [0.2, 0.25) is 0 Å². The molecule has 0 aromatic heterocycles. The maximum absolute atomic E-state index is 12.2. The average Bonchev–Trinajstić information content (AvgIpc) is 3.19. The Labute approximate surface area is 150 Å². The molecule has 1 aromatic carbocycles. The van der Waals surface area contributed by atoms with E-state index in [1.54, 1.807) is 0 Å². The molecule has 1 aliphatic carbocycles. The van der Waals surface area contributed by atoms with Gasteiger partial charge in [0.2, 0.25) is 0 Å². The minimum atomic E-state index is -2.93. The standard InChI is InChI=1S/C19H28N2O3S/c1-20-10-11-21(18-14-25(22,23)13-17(18)20)12-15-6-2-5-9-19(15)24-16-7-3-4-8-16/h2,5-6,9,16-18H,3-4,7-8,10-14H2,1H3/t17-,18+/m0/s1. The van der Waals surface area contributed by atoms with E-state index in [1.165, 1.54) is 18.4 Å². The van der Waals surface area contributed by atoms with Crippen molar-refractivity contribution >= 4 is 9.84 Å². The lowest BCUT2D eigenvalue weighted by atomic mass is 10.0. The maximum atomic E-state index is 12.2. The van der Waals surface area contributed by atoms with Crippen molar-refractivity contribution in [3.63, 3.8) is 0 Å². The zero-order valence-corrected chi connectivity index (χ0v) is 15.7. The molecule has 25 heavy (non-hydrogen) atoms. The minimum absolute atomic E-state index is 0.100. The molecule has 0 amide bonds. The fourth-order valence-electron chi connectivity index (χ4n) is 4.55. The van der Waals surface area contributed by atoms with E-state index >= 15 is 0 Å². The number of nitrogens with zero attached hydrogens (tertiary/aromatic N) is 2. The molecule has 2 atom stereocenters. The predicted octanol–water partition coefficient (Wildman–Crippen LogP) is 1.92. The van der Waals surface area contributed by atoms with Gasteiger partial charge in [0.1, 0.15) is 5.75 Å². The van der Waals surface area contributed by atoms with E-state index in [1.807, 2.05) is 13.1 Å². The largest absolute Gasteiger partial charge is 0.490 e. The summed E-state index contributed by atoms with van der Waals surface area (Å²) in [6.07, 6.45) is 5.14. The first-order chi connectivity index (χ1) is 12.0. The summed E-state index contributed by atoms with van der Waals surface area (Å²) in [6.45, 7) is 2.60. The quantitative estimate of drug-likeness (QED) is 0.817. The summed E-state index contributed by atoms with van der Waals surface area (Å²) in [7, 11) is -0.882. The summed E-state index contributed by atoms with van der Waals surface area (Å²) in [5.41, 5.74) is 1.18. The lowest BCUT2D eigenvalue weighted by molar-refractivity contribution is 0.0562. The van der Waals surface area contributed by atoms with E-state index in [0.717, 1.165) is 38.2 Å². The number of piperazine rings is 1. The van der Waals surface area contributed by atoms with Crippen LogP contribution in [0.25, 0.3) is 0 Å². The van der Waals surface area contributed by atoms with Crippen LogP contribution in [0.4, 0.5) is 0 Å². The smallest absolute Gasteiger partial charge is 0.153 e. The number of fused-ring (bicyclic) bond motifs is 1. The van der Waals surface area contributed by atoms with Gasteiger partial charge in [-0.15, -0.1) is 0 Å². The molecule has 2 aliphatic heterocycles. The van der Waals surface area contributed by atoms with Crippen LogP contribution < -0.4 is 4.74 Å². The SMILES string of the molecule is CN1CCN(Cc2ccccc2OC2CCCC2)[C@@H]2CS(=O)(=O)C[C@@H]21. The van der Waals surface area contributed by atoms with Crippen molar-refractivity contribution < 1.29 is 13.2 Å². The number of benzene rings is 1. The van der Waals surface area contributed by atoms with Crippen molar-refractivity contribution in [2.24, 2.45) is 0 Å². The summed E-state index contributed by atoms with van der Waals surface area (Å²) < 4.78 is 30.6. The molecule has 0 bridgehead atoms. The molecule has 5 nitrogen and oxygen atoms in total. The number of hydrogen-bond acceptors (Lipinski definition) is 5. The van der Waals surface area contributed by atoms with E-state index in [4.69, 9.17) is 4.74 Å². The molecule has 138 valence electrons. The van der Waals surface area contributed by atoms with Crippen molar-refractivity contribution in [3.05, 3.63) is 29.8 Å². The van der Waals surface area contributed by atoms with Crippen LogP contribution in [0.5, 0.6) is 5.75 Å². The zero-order chi connectivity index (χ0) is 17.4. The van der Waals surface area contributed by atoms with Crippen LogP contribution >= 0.6 is 0 Å². The molecule has 6 heteroatoms. The van der Waals surface area contributed by atoms with Crippen molar-refractivity contribution in [1.29, 1.82) is 0 Å². The molecule has 0 spiro atoms. The first-order valence-electron chi connectivity index (χ1n) is 9.41. The van der Waals surface area contributed by atoms with Crippen LogP contribution in [-0.2, 0) is 16.4 Å². The van der Waals surface area contributed by atoms with Crippen LogP contribution in [-0.4, -0.2) is 68.0 Å². The minimum Gasteiger partial charge on any atom is -0.490 e. The second kappa shape index (κ2) is 6.89. The highest BCUT2D eigenvalue weighted by Gasteiger charge is 2.45. The monoisotopic (exact) mass is 364 g/mol. The molecule has 0 radical (unpaired) electrons. The number of ether oxygens (including phenoxy) is 1. The Bertz CT molecular complexity index is 715. The van der Waals surface area contributed by atoms with Crippen LogP contribution in [0, 0.1) is 0 Å². The van der Waals surface area contributed by atoms with Crippen molar-refractivity contribution in [2.45, 2.75) is 50.4 Å². The molecule has 2 heterocycles. The molecule has 2 saturated heterocycles. The van der Waals surface area contributed by atoms with Crippen LogP contribution in [0.15, 0.2) is 24.3 Å². The average molecular weight is 365 g/mol. The van der Waals surface area contributed by atoms with Gasteiger partial charge >= 0.3 is 0 Å². The number of likely N-dealkylation sites (N-methyl/N-ethyl adjacent to an activating group) is 1. The molecular formula is C19H28N2O3S. The van der Waals surface area contributed by atoms with E-state index in [2.05, 4.69) is 28.0 Å². The third kappa shape index (κ3) is 3.71. The second-order valence-electron chi connectivity index (χ2n) is 7.79. The van der Waals surface area contributed by atoms with Gasteiger partial charge in [-0.2, -0.15) is 0 Å². The Hall–Kier alpha value is -1.11. The van der Waals surface area contributed by atoms with Crippen molar-refractivity contribution in [3.8, 4) is 5.75 Å². The third-order valence-corrected chi connectivity index (χ3v) is 7.71. The topological polar surface area (TPSA) is 49.9 Å². The molecular weight excluding hydrogens is 336 g/mol. The second-order valence-corrected chi connectivity index (χ2v) is 9.95. The Morgan fingerprint density at radius 3 is 2.60 bits per heavy atom. The van der Waals surface area contributed by atoms with E-state index in [-0.39, 0.29) is 17.8 Å². The Kier molecular flexibility index (Phi) is 4.77. The van der Waals surface area contributed by atoms with Gasteiger partial charge in [-0.25, -0.2) is 8.42 Å². The molecule has 1 aromatic rings. The van der Waals surface area contributed by atoms with E-state index < -0.39 is 9.84 Å². The van der Waals surface area contributed by atoms with Crippen molar-refractivity contribution in [2.75, 3.05) is 31.6 Å². The maximum Gasteiger partial charge on any atom is 0.153 e. The van der Waals surface area contributed by atoms with Crippen molar-refractivity contribution in [1.82, 2.24) is 9.80 Å². The fraction of sp³-hybridized carbons (Fsp3) is 0.684. The fourth-order valence-corrected chi connectivity index (χ4v) is 6.63. The van der Waals surface area contributed by atoms with Gasteiger partial charge in [-0.3, -0.25) is 9.80 Å². The highest BCUT2D eigenvalue weighted by molar-refractivity contribution is 7.91. The molecule has 0 unspecified atom stereocenters. The Balaban J connectivity index is 1.52. The first kappa shape index (κ1) is 17.3. The third-order valence-electron chi connectivity index (χ3n) is 6.01. The number of para-hydroxylation sites is 1. The van der Waals surface area contributed by atoms with Gasteiger partial charge in [0.05, 0.1) is 17.6 Å². The van der Waals surface area contributed by atoms with Crippen LogP contribution in [0.1, 0.15) is 31.2 Å². The van der Waals surface area contributed by atoms with E-state index in [0.29, 0.717) is 11.9 Å². The molecule has 3 fully saturated rings. The van der Waals surface area contributed by atoms with Gasteiger partial charge in [0.25, 0.3) is 0 Å². The highest BCUT2D eigenvalue weighted by Crippen LogP contribution is 2.31. The summed E-state index contributed by atoms with van der Waals surface area (Å²) in [5.74, 6) is 1.56. The normalized spacial score (nSPS) is 30.4. The predicted molar refractivity (Wildman–Crippen MR) is 98.6 cm³/mol. The van der Waals surface area contributed by atoms with E-state index in [9.17, 15) is 8.42 Å². The van der Waals surface area contributed by atoms with Gasteiger partial charge in [0, 0.05) is 37.3 Å². The van der Waals surface area contributed by atoms with Gasteiger partial charge in [-0.1, -0.05) is 18.2 Å². The Morgan fingerprint density at radius 2 is 1.80 bits per heavy atom. The van der Waals surface area contributed by atoms with Gasteiger partial charge < -0.3 is 4.74 Å². The molecule has 0 N–H and O–H groups in total. The van der Waals surface area contributed by atoms with Gasteiger partial charge in [0.15, 0.2) is 9.84 Å². The summed E-state index contributed by atoms with van der Waals surface area (Å²) in [6, 6.07) is 8.49. The molecule has 3 aliphatic rings. The van der Waals surface area contributed by atoms with Gasteiger partial charge in [-0.05, 0) is 38.8 Å². The molecule has 1 saturated carbocycles. The summed E-state index contributed by atoms with van der Waals surface area (Å²) in [5, 5.41) is 0. The zero-order valence-electron chi connectivity index (χ0n) is 14.9. The number of sulfone groups is 1. The number of hydrogen-bond donors (Lipinski definition) is 0. The molecule has 4 rings (SSSR count). The Morgan fingerprint density at radius 1 is 1.08 bits per heavy atom. The lowest BCUT2D eigenvalue weighted by Crippen LogP contribution is -2.57.